The molecular weight excluding hydrogens is 312 g/mol. The van der Waals surface area contributed by atoms with Crippen LogP contribution in [0.4, 0.5) is 0 Å². The largest absolute Gasteiger partial charge is 0.419 e. The summed E-state index contributed by atoms with van der Waals surface area (Å²) in [5.41, 5.74) is 0.662. The smallest absolute Gasteiger partial charge is 0.336 e. The van der Waals surface area contributed by atoms with Crippen molar-refractivity contribution >= 4 is 17.7 Å². The van der Waals surface area contributed by atoms with Crippen LogP contribution in [0, 0.1) is 0 Å². The predicted octanol–water partition coefficient (Wildman–Crippen LogP) is 1.79. The standard InChI is InChI=1S/C18H12O6/c19-10-13-12(17(22)11-4-2-1-3-5-11)6-7-14-18(13)24-16(21)9-8-15(20)23-14/h1-9,19H,10H2/b9-8-. The first kappa shape index (κ1) is 15.6. The van der Waals surface area contributed by atoms with Crippen LogP contribution in [0.1, 0.15) is 21.5 Å². The Balaban J connectivity index is 2.12. The fourth-order valence-electron chi connectivity index (χ4n) is 2.33. The van der Waals surface area contributed by atoms with Crippen molar-refractivity contribution in [1.82, 2.24) is 0 Å². The third kappa shape index (κ3) is 2.95. The Labute approximate surface area is 136 Å². The quantitative estimate of drug-likeness (QED) is 0.526. The van der Waals surface area contributed by atoms with Gasteiger partial charge in [-0.2, -0.15) is 0 Å². The molecule has 1 aliphatic rings. The highest BCUT2D eigenvalue weighted by Crippen LogP contribution is 2.36. The van der Waals surface area contributed by atoms with E-state index in [4.69, 9.17) is 9.47 Å². The molecule has 24 heavy (non-hydrogen) atoms. The number of benzene rings is 2. The zero-order valence-corrected chi connectivity index (χ0v) is 12.4. The Hall–Kier alpha value is -3.25. The summed E-state index contributed by atoms with van der Waals surface area (Å²) in [5.74, 6) is -2.07. The molecular formula is C18H12O6. The Kier molecular flexibility index (Phi) is 4.22. The van der Waals surface area contributed by atoms with Gasteiger partial charge >= 0.3 is 11.9 Å². The third-order valence-electron chi connectivity index (χ3n) is 3.43. The summed E-state index contributed by atoms with van der Waals surface area (Å²) in [6.07, 6.45) is 1.85. The van der Waals surface area contributed by atoms with E-state index in [1.807, 2.05) is 0 Å². The van der Waals surface area contributed by atoms with Crippen LogP contribution >= 0.6 is 0 Å². The number of fused-ring (bicyclic) bond motifs is 1. The number of rotatable bonds is 3. The highest BCUT2D eigenvalue weighted by molar-refractivity contribution is 6.10. The molecule has 1 heterocycles. The van der Waals surface area contributed by atoms with E-state index in [2.05, 4.69) is 0 Å². The highest BCUT2D eigenvalue weighted by atomic mass is 16.6. The molecule has 1 aliphatic heterocycles. The molecule has 0 radical (unpaired) electrons. The lowest BCUT2D eigenvalue weighted by atomic mass is 9.97. The van der Waals surface area contributed by atoms with Gasteiger partial charge in [-0.15, -0.1) is 0 Å². The van der Waals surface area contributed by atoms with Crippen LogP contribution < -0.4 is 9.47 Å². The van der Waals surface area contributed by atoms with E-state index in [-0.39, 0.29) is 28.4 Å². The zero-order valence-electron chi connectivity index (χ0n) is 12.4. The molecule has 0 bridgehead atoms. The van der Waals surface area contributed by atoms with Gasteiger partial charge in [-0.25, -0.2) is 9.59 Å². The predicted molar refractivity (Wildman–Crippen MR) is 82.6 cm³/mol. The fourth-order valence-corrected chi connectivity index (χ4v) is 2.33. The molecule has 6 heteroatoms. The second kappa shape index (κ2) is 6.47. The Bertz CT molecular complexity index is 851. The van der Waals surface area contributed by atoms with Crippen molar-refractivity contribution in [3.63, 3.8) is 0 Å². The number of carbonyl (C=O) groups excluding carboxylic acids is 3. The average molecular weight is 324 g/mol. The van der Waals surface area contributed by atoms with E-state index in [0.29, 0.717) is 5.56 Å². The van der Waals surface area contributed by atoms with Crippen LogP contribution in [0.2, 0.25) is 0 Å². The van der Waals surface area contributed by atoms with Crippen LogP contribution in [-0.4, -0.2) is 22.8 Å². The molecule has 0 saturated carbocycles. The number of ether oxygens (including phenoxy) is 2. The van der Waals surface area contributed by atoms with E-state index < -0.39 is 18.5 Å². The average Bonchev–Trinajstić information content (AvgIpc) is 2.60. The summed E-state index contributed by atoms with van der Waals surface area (Å²) >= 11 is 0. The molecule has 0 fully saturated rings. The molecule has 0 unspecified atom stereocenters. The Morgan fingerprint density at radius 3 is 2.25 bits per heavy atom. The van der Waals surface area contributed by atoms with E-state index in [0.717, 1.165) is 12.2 Å². The van der Waals surface area contributed by atoms with Crippen molar-refractivity contribution in [2.75, 3.05) is 0 Å². The first-order chi connectivity index (χ1) is 11.6. The number of esters is 2. The van der Waals surface area contributed by atoms with E-state index in [9.17, 15) is 19.5 Å². The summed E-state index contributed by atoms with van der Waals surface area (Å²) in [6.45, 7) is -0.564. The molecule has 0 spiro atoms. The van der Waals surface area contributed by atoms with Crippen molar-refractivity contribution in [1.29, 1.82) is 0 Å². The summed E-state index contributed by atoms with van der Waals surface area (Å²) < 4.78 is 10.2. The van der Waals surface area contributed by atoms with Gasteiger partial charge in [0.2, 0.25) is 0 Å². The number of hydrogen-bond acceptors (Lipinski definition) is 6. The maximum absolute atomic E-state index is 12.6. The van der Waals surface area contributed by atoms with Crippen LogP contribution in [0.15, 0.2) is 54.6 Å². The molecule has 6 nitrogen and oxygen atoms in total. The topological polar surface area (TPSA) is 89.9 Å². The molecule has 3 rings (SSSR count). The van der Waals surface area contributed by atoms with Crippen molar-refractivity contribution in [2.45, 2.75) is 6.61 Å². The first-order valence-electron chi connectivity index (χ1n) is 7.08. The molecule has 0 atom stereocenters. The highest BCUT2D eigenvalue weighted by Gasteiger charge is 2.24. The summed E-state index contributed by atoms with van der Waals surface area (Å²) in [6, 6.07) is 11.3. The minimum Gasteiger partial charge on any atom is -0.419 e. The SMILES string of the molecule is O=C1/C=C\C(=O)Oc2c(ccc(C(=O)c3ccccc3)c2CO)O1. The van der Waals surface area contributed by atoms with Crippen LogP contribution in [0.5, 0.6) is 11.5 Å². The summed E-state index contributed by atoms with van der Waals surface area (Å²) in [4.78, 5) is 35.9. The molecule has 0 aliphatic carbocycles. The summed E-state index contributed by atoms with van der Waals surface area (Å²) in [7, 11) is 0. The van der Waals surface area contributed by atoms with Crippen LogP contribution in [-0.2, 0) is 16.2 Å². The molecule has 1 N–H and O–H groups in total. The number of aliphatic hydroxyl groups is 1. The summed E-state index contributed by atoms with van der Waals surface area (Å²) in [5, 5.41) is 9.68. The van der Waals surface area contributed by atoms with E-state index in [1.54, 1.807) is 30.3 Å². The van der Waals surface area contributed by atoms with Gasteiger partial charge in [-0.1, -0.05) is 30.3 Å². The Morgan fingerprint density at radius 2 is 1.58 bits per heavy atom. The van der Waals surface area contributed by atoms with Gasteiger partial charge in [0.15, 0.2) is 17.3 Å². The van der Waals surface area contributed by atoms with Gasteiger partial charge < -0.3 is 14.6 Å². The lowest BCUT2D eigenvalue weighted by molar-refractivity contribution is -0.133. The maximum atomic E-state index is 12.6. The normalized spacial score (nSPS) is 14.7. The number of carbonyl (C=O) groups is 3. The van der Waals surface area contributed by atoms with Crippen molar-refractivity contribution in [2.24, 2.45) is 0 Å². The van der Waals surface area contributed by atoms with Crippen LogP contribution in [0.25, 0.3) is 0 Å². The minimum atomic E-state index is -0.799. The Morgan fingerprint density at radius 1 is 0.917 bits per heavy atom. The minimum absolute atomic E-state index is 0.0358. The van der Waals surface area contributed by atoms with Crippen molar-refractivity contribution in [3.05, 3.63) is 71.3 Å². The molecule has 0 aromatic heterocycles. The molecule has 120 valence electrons. The second-order valence-corrected chi connectivity index (χ2v) is 4.95. The van der Waals surface area contributed by atoms with Gasteiger partial charge in [0.25, 0.3) is 0 Å². The second-order valence-electron chi connectivity index (χ2n) is 4.95. The van der Waals surface area contributed by atoms with Gasteiger partial charge in [-0.05, 0) is 12.1 Å². The fraction of sp³-hybridized carbons (Fsp3) is 0.0556. The van der Waals surface area contributed by atoms with Gasteiger partial charge in [-0.3, -0.25) is 4.79 Å². The molecule has 0 saturated heterocycles. The first-order valence-corrected chi connectivity index (χ1v) is 7.08. The monoisotopic (exact) mass is 324 g/mol. The van der Waals surface area contributed by atoms with Gasteiger partial charge in [0.1, 0.15) is 0 Å². The van der Waals surface area contributed by atoms with Crippen molar-refractivity contribution in [3.8, 4) is 11.5 Å². The third-order valence-corrected chi connectivity index (χ3v) is 3.43. The number of ketones is 1. The van der Waals surface area contributed by atoms with Gasteiger partial charge in [0, 0.05) is 28.8 Å². The molecule has 2 aromatic carbocycles. The van der Waals surface area contributed by atoms with Crippen LogP contribution in [0.3, 0.4) is 0 Å². The van der Waals surface area contributed by atoms with Gasteiger partial charge in [0.05, 0.1) is 6.61 Å². The maximum Gasteiger partial charge on any atom is 0.336 e. The van der Waals surface area contributed by atoms with E-state index >= 15 is 0 Å². The number of hydrogen-bond donors (Lipinski definition) is 1. The lowest BCUT2D eigenvalue weighted by Crippen LogP contribution is -2.16. The lowest BCUT2D eigenvalue weighted by Gasteiger charge is -2.16. The number of aliphatic hydroxyl groups excluding tert-OH is 1. The van der Waals surface area contributed by atoms with Crippen molar-refractivity contribution < 1.29 is 29.0 Å². The van der Waals surface area contributed by atoms with E-state index in [1.165, 1.54) is 12.1 Å². The zero-order chi connectivity index (χ0) is 17.1. The molecule has 2 aromatic rings. The molecule has 0 amide bonds.